The van der Waals surface area contributed by atoms with Crippen LogP contribution in [-0.4, -0.2) is 37.3 Å². The van der Waals surface area contributed by atoms with E-state index in [-0.39, 0.29) is 0 Å². The number of hydrogen-bond donors (Lipinski definition) is 2. The van der Waals surface area contributed by atoms with Gasteiger partial charge in [0.15, 0.2) is 5.82 Å². The van der Waals surface area contributed by atoms with Crippen molar-refractivity contribution < 1.29 is 4.79 Å². The van der Waals surface area contributed by atoms with Crippen LogP contribution in [0.5, 0.6) is 0 Å². The van der Waals surface area contributed by atoms with Crippen molar-refractivity contribution in [1.29, 1.82) is 0 Å². The summed E-state index contributed by atoms with van der Waals surface area (Å²) in [4.78, 5) is 16.2. The van der Waals surface area contributed by atoms with E-state index in [1.165, 1.54) is 6.20 Å². The van der Waals surface area contributed by atoms with Crippen LogP contribution < -0.4 is 11.1 Å². The molecule has 0 atom stereocenters. The second kappa shape index (κ2) is 5.99. The Kier molecular flexibility index (Phi) is 3.65. The molecule has 8 nitrogen and oxygen atoms in total. The third-order valence-electron chi connectivity index (χ3n) is 4.14. The summed E-state index contributed by atoms with van der Waals surface area (Å²) in [6, 6.07) is 11.5. The molecule has 0 aliphatic carbocycles. The molecule has 0 bridgehead atoms. The van der Waals surface area contributed by atoms with Crippen molar-refractivity contribution in [3.8, 4) is 17.1 Å². The minimum Gasteiger partial charge on any atom is -0.372 e. The first-order valence-electron chi connectivity index (χ1n) is 8.06. The first-order valence-corrected chi connectivity index (χ1v) is 8.06. The lowest BCUT2D eigenvalue weighted by atomic mass is 10.1. The highest BCUT2D eigenvalue weighted by Gasteiger charge is 2.15. The number of amides is 1. The number of anilines is 1. The van der Waals surface area contributed by atoms with Crippen molar-refractivity contribution >= 4 is 17.2 Å². The quantitative estimate of drug-likeness (QED) is 0.588. The highest BCUT2D eigenvalue weighted by Crippen LogP contribution is 2.27. The number of fused-ring (bicyclic) bond motifs is 1. The lowest BCUT2D eigenvalue weighted by Gasteiger charge is -2.08. The number of nitrogens with two attached hydrogens (primary N) is 1. The molecule has 0 radical (unpaired) electrons. The number of rotatable bonds is 4. The van der Waals surface area contributed by atoms with Gasteiger partial charge in [-0.3, -0.25) is 4.79 Å². The minimum atomic E-state index is -0.512. The molecule has 0 saturated carbocycles. The molecule has 0 unspecified atom stereocenters. The van der Waals surface area contributed by atoms with Gasteiger partial charge in [0.1, 0.15) is 5.82 Å². The average molecular weight is 347 g/mol. The summed E-state index contributed by atoms with van der Waals surface area (Å²) in [6.45, 7) is 1.93. The molecular weight excluding hydrogens is 330 g/mol. The summed E-state index contributed by atoms with van der Waals surface area (Å²) in [7, 11) is 1.81. The molecule has 0 aliphatic rings. The van der Waals surface area contributed by atoms with Gasteiger partial charge in [-0.05, 0) is 31.2 Å². The molecule has 4 rings (SSSR count). The SMILES string of the molecule is CNc1cc(-c2ccn3ncc(C(N)=O)c3c2)n(-c2cccc(C)n2)n1. The largest absolute Gasteiger partial charge is 0.372 e. The Labute approximate surface area is 149 Å². The van der Waals surface area contributed by atoms with Gasteiger partial charge in [-0.2, -0.15) is 5.10 Å². The van der Waals surface area contributed by atoms with Crippen molar-refractivity contribution in [2.75, 3.05) is 12.4 Å². The van der Waals surface area contributed by atoms with Crippen LogP contribution in [0.15, 0.2) is 48.8 Å². The molecule has 0 aliphatic heterocycles. The summed E-state index contributed by atoms with van der Waals surface area (Å²) in [5.41, 5.74) is 9.08. The van der Waals surface area contributed by atoms with Gasteiger partial charge in [-0.1, -0.05) is 6.07 Å². The van der Waals surface area contributed by atoms with E-state index in [1.54, 1.807) is 15.4 Å². The Hall–Kier alpha value is -3.68. The van der Waals surface area contributed by atoms with Gasteiger partial charge >= 0.3 is 0 Å². The Balaban J connectivity index is 1.92. The molecule has 0 saturated heterocycles. The Morgan fingerprint density at radius 2 is 2.08 bits per heavy atom. The van der Waals surface area contributed by atoms with E-state index >= 15 is 0 Å². The van der Waals surface area contributed by atoms with Crippen LogP contribution in [0.2, 0.25) is 0 Å². The molecule has 1 amide bonds. The molecule has 0 aromatic carbocycles. The van der Waals surface area contributed by atoms with Crippen LogP contribution in [0.4, 0.5) is 5.82 Å². The summed E-state index contributed by atoms with van der Waals surface area (Å²) >= 11 is 0. The first-order chi connectivity index (χ1) is 12.6. The van der Waals surface area contributed by atoms with Crippen molar-refractivity contribution in [3.63, 3.8) is 0 Å². The highest BCUT2D eigenvalue weighted by atomic mass is 16.1. The maximum Gasteiger partial charge on any atom is 0.252 e. The van der Waals surface area contributed by atoms with E-state index in [0.717, 1.165) is 17.0 Å². The van der Waals surface area contributed by atoms with Crippen LogP contribution in [0.25, 0.3) is 22.6 Å². The number of hydrogen-bond acceptors (Lipinski definition) is 5. The number of aromatic nitrogens is 5. The van der Waals surface area contributed by atoms with Crippen LogP contribution in [0, 0.1) is 6.92 Å². The topological polar surface area (TPSA) is 103 Å². The van der Waals surface area contributed by atoms with Gasteiger partial charge < -0.3 is 11.1 Å². The number of carbonyl (C=O) groups is 1. The standard InChI is InChI=1S/C18H17N7O/c1-11-4-3-5-17(22-11)25-14(9-16(20-2)23-25)12-6-7-24-15(8-12)13(10-21-24)18(19)26/h3-10H,1-2H3,(H2,19,26)(H,20,23). The van der Waals surface area contributed by atoms with Gasteiger partial charge in [0.25, 0.3) is 5.91 Å². The van der Waals surface area contributed by atoms with Gasteiger partial charge in [-0.25, -0.2) is 14.2 Å². The maximum absolute atomic E-state index is 11.6. The lowest BCUT2D eigenvalue weighted by molar-refractivity contribution is 0.100. The van der Waals surface area contributed by atoms with Gasteiger partial charge in [0.05, 0.1) is 23.0 Å². The fraction of sp³-hybridized carbons (Fsp3) is 0.111. The van der Waals surface area contributed by atoms with Crippen molar-refractivity contribution in [2.45, 2.75) is 6.92 Å². The molecule has 8 heteroatoms. The zero-order valence-electron chi connectivity index (χ0n) is 14.3. The molecule has 0 fully saturated rings. The van der Waals surface area contributed by atoms with E-state index in [9.17, 15) is 4.79 Å². The zero-order valence-corrected chi connectivity index (χ0v) is 14.3. The zero-order chi connectivity index (χ0) is 18.3. The minimum absolute atomic E-state index is 0.375. The molecule has 130 valence electrons. The van der Waals surface area contributed by atoms with E-state index < -0.39 is 5.91 Å². The van der Waals surface area contributed by atoms with Crippen molar-refractivity contribution in [3.05, 3.63) is 60.0 Å². The predicted molar refractivity (Wildman–Crippen MR) is 98.3 cm³/mol. The Morgan fingerprint density at radius 1 is 1.23 bits per heavy atom. The Morgan fingerprint density at radius 3 is 2.81 bits per heavy atom. The smallest absolute Gasteiger partial charge is 0.252 e. The fourth-order valence-electron chi connectivity index (χ4n) is 2.86. The fourth-order valence-corrected chi connectivity index (χ4v) is 2.86. The van der Waals surface area contributed by atoms with Gasteiger partial charge in [-0.15, -0.1) is 5.10 Å². The van der Waals surface area contributed by atoms with Crippen LogP contribution in [0.1, 0.15) is 16.1 Å². The number of aryl methyl sites for hydroxylation is 1. The summed E-state index contributed by atoms with van der Waals surface area (Å²) in [5.74, 6) is 0.916. The second-order valence-electron chi connectivity index (χ2n) is 5.88. The third kappa shape index (κ3) is 2.57. The molecule has 3 N–H and O–H groups in total. The van der Waals surface area contributed by atoms with Crippen molar-refractivity contribution in [1.82, 2.24) is 24.4 Å². The van der Waals surface area contributed by atoms with E-state index in [0.29, 0.717) is 22.7 Å². The summed E-state index contributed by atoms with van der Waals surface area (Å²) < 4.78 is 3.39. The van der Waals surface area contributed by atoms with E-state index in [4.69, 9.17) is 5.73 Å². The normalized spacial score (nSPS) is 11.0. The van der Waals surface area contributed by atoms with Crippen LogP contribution in [-0.2, 0) is 0 Å². The number of carbonyl (C=O) groups excluding carboxylic acids is 1. The maximum atomic E-state index is 11.6. The molecular formula is C18H17N7O. The Bertz CT molecular complexity index is 1130. The molecule has 4 heterocycles. The third-order valence-corrected chi connectivity index (χ3v) is 4.14. The molecule has 4 aromatic heterocycles. The molecule has 26 heavy (non-hydrogen) atoms. The predicted octanol–water partition coefficient (Wildman–Crippen LogP) is 2.03. The molecule has 4 aromatic rings. The van der Waals surface area contributed by atoms with Gasteiger partial charge in [0.2, 0.25) is 0 Å². The van der Waals surface area contributed by atoms with Gasteiger partial charge in [0, 0.05) is 30.6 Å². The van der Waals surface area contributed by atoms with Crippen molar-refractivity contribution in [2.24, 2.45) is 5.73 Å². The molecule has 0 spiro atoms. The monoisotopic (exact) mass is 347 g/mol. The first kappa shape index (κ1) is 15.8. The summed E-state index contributed by atoms with van der Waals surface area (Å²) in [6.07, 6.45) is 3.26. The second-order valence-corrected chi connectivity index (χ2v) is 5.88. The number of primary amides is 1. The van der Waals surface area contributed by atoms with Crippen LogP contribution in [0.3, 0.4) is 0 Å². The van der Waals surface area contributed by atoms with Crippen LogP contribution >= 0.6 is 0 Å². The number of nitrogens with zero attached hydrogens (tertiary/aromatic N) is 5. The number of pyridine rings is 2. The van der Waals surface area contributed by atoms with E-state index in [2.05, 4.69) is 20.5 Å². The average Bonchev–Trinajstić information content (AvgIpc) is 3.25. The number of nitrogens with one attached hydrogen (secondary N) is 1. The summed E-state index contributed by atoms with van der Waals surface area (Å²) in [5, 5.41) is 11.8. The van der Waals surface area contributed by atoms with E-state index in [1.807, 2.05) is 50.4 Å². The lowest BCUT2D eigenvalue weighted by Crippen LogP contribution is -2.10. The highest BCUT2D eigenvalue weighted by molar-refractivity contribution is 6.00.